The molecular weight excluding hydrogens is 230 g/mol. The lowest BCUT2D eigenvalue weighted by molar-refractivity contribution is -0.0754. The summed E-state index contributed by atoms with van der Waals surface area (Å²) in [4.78, 5) is 0. The predicted octanol–water partition coefficient (Wildman–Crippen LogP) is 0.196. The summed E-state index contributed by atoms with van der Waals surface area (Å²) < 4.78 is 30.4. The maximum atomic E-state index is 12.2. The zero-order valence-corrected chi connectivity index (χ0v) is 11.1. The molecule has 6 heteroatoms. The number of aliphatic hydroxyl groups excluding tert-OH is 1. The third-order valence-corrected chi connectivity index (χ3v) is 5.14. The van der Waals surface area contributed by atoms with Crippen LogP contribution in [0.1, 0.15) is 27.7 Å². The predicted molar refractivity (Wildman–Crippen MR) is 61.7 cm³/mol. The second kappa shape index (κ2) is 4.60. The monoisotopic (exact) mass is 251 g/mol. The maximum Gasteiger partial charge on any atom is 0.219 e. The summed E-state index contributed by atoms with van der Waals surface area (Å²) in [6.07, 6.45) is -0.594. The van der Waals surface area contributed by atoms with Crippen LogP contribution in [0.2, 0.25) is 0 Å². The Morgan fingerprint density at radius 3 is 2.38 bits per heavy atom. The van der Waals surface area contributed by atoms with Crippen molar-refractivity contribution in [3.05, 3.63) is 0 Å². The highest BCUT2D eigenvalue weighted by atomic mass is 32.2. The van der Waals surface area contributed by atoms with Gasteiger partial charge in [-0.15, -0.1) is 0 Å². The molecule has 0 aromatic carbocycles. The van der Waals surface area contributed by atoms with Gasteiger partial charge in [0.25, 0.3) is 0 Å². The van der Waals surface area contributed by atoms with Gasteiger partial charge in [0.05, 0.1) is 23.6 Å². The van der Waals surface area contributed by atoms with Gasteiger partial charge < -0.3 is 9.84 Å². The Morgan fingerprint density at radius 2 is 1.94 bits per heavy atom. The molecule has 16 heavy (non-hydrogen) atoms. The van der Waals surface area contributed by atoms with E-state index in [2.05, 4.69) is 0 Å². The van der Waals surface area contributed by atoms with Crippen LogP contribution in [0, 0.1) is 0 Å². The van der Waals surface area contributed by atoms with Crippen LogP contribution in [0.25, 0.3) is 0 Å². The summed E-state index contributed by atoms with van der Waals surface area (Å²) in [5.74, 6) is 0. The average Bonchev–Trinajstić information content (AvgIpc) is 2.15. The van der Waals surface area contributed by atoms with Crippen molar-refractivity contribution in [3.63, 3.8) is 0 Å². The molecule has 1 rings (SSSR count). The first kappa shape index (κ1) is 13.9. The number of morpholine rings is 1. The molecule has 96 valence electrons. The van der Waals surface area contributed by atoms with Crippen molar-refractivity contribution in [3.8, 4) is 0 Å². The summed E-state index contributed by atoms with van der Waals surface area (Å²) in [6.45, 7) is 7.29. The molecule has 0 saturated carbocycles. The van der Waals surface area contributed by atoms with Gasteiger partial charge in [0.1, 0.15) is 0 Å². The highest BCUT2D eigenvalue weighted by Crippen LogP contribution is 2.24. The van der Waals surface area contributed by atoms with Crippen LogP contribution >= 0.6 is 0 Å². The third-order valence-electron chi connectivity index (χ3n) is 2.61. The molecule has 0 aromatic rings. The largest absolute Gasteiger partial charge is 0.394 e. The van der Waals surface area contributed by atoms with Crippen molar-refractivity contribution < 1.29 is 18.3 Å². The minimum atomic E-state index is -3.33. The second-order valence-corrected chi connectivity index (χ2v) is 7.88. The van der Waals surface area contributed by atoms with E-state index in [1.165, 1.54) is 4.31 Å². The lowest BCUT2D eigenvalue weighted by Crippen LogP contribution is -2.54. The summed E-state index contributed by atoms with van der Waals surface area (Å²) in [5, 5.41) is 9.05. The van der Waals surface area contributed by atoms with E-state index >= 15 is 0 Å². The van der Waals surface area contributed by atoms with E-state index in [1.54, 1.807) is 20.8 Å². The molecule has 2 unspecified atom stereocenters. The second-order valence-electron chi connectivity index (χ2n) is 5.19. The van der Waals surface area contributed by atoms with Crippen LogP contribution in [0.3, 0.4) is 0 Å². The Kier molecular flexibility index (Phi) is 3.99. The number of hydrogen-bond donors (Lipinski definition) is 1. The van der Waals surface area contributed by atoms with Crippen molar-refractivity contribution in [2.24, 2.45) is 0 Å². The Labute approximate surface area is 97.4 Å². The van der Waals surface area contributed by atoms with Crippen molar-refractivity contribution in [1.82, 2.24) is 4.31 Å². The van der Waals surface area contributed by atoms with Crippen molar-refractivity contribution in [2.45, 2.75) is 44.6 Å². The number of aliphatic hydroxyl groups is 1. The topological polar surface area (TPSA) is 66.8 Å². The number of rotatable bonds is 2. The molecule has 0 spiro atoms. The van der Waals surface area contributed by atoms with Crippen molar-refractivity contribution >= 4 is 10.0 Å². The molecule has 0 aliphatic carbocycles. The summed E-state index contributed by atoms with van der Waals surface area (Å²) in [7, 11) is -3.33. The molecule has 5 nitrogen and oxygen atoms in total. The SMILES string of the molecule is CC1CN(S(=O)(=O)C(C)(C)C)CC(CO)O1. The summed E-state index contributed by atoms with van der Waals surface area (Å²) >= 11 is 0. The fourth-order valence-corrected chi connectivity index (χ4v) is 3.23. The molecule has 0 aromatic heterocycles. The molecule has 1 aliphatic rings. The normalized spacial score (nSPS) is 29.3. The van der Waals surface area contributed by atoms with Gasteiger partial charge in [-0.25, -0.2) is 8.42 Å². The molecule has 1 saturated heterocycles. The van der Waals surface area contributed by atoms with E-state index in [0.29, 0.717) is 6.54 Å². The van der Waals surface area contributed by atoms with Gasteiger partial charge >= 0.3 is 0 Å². The molecule has 1 heterocycles. The molecule has 1 fully saturated rings. The average molecular weight is 251 g/mol. The van der Waals surface area contributed by atoms with E-state index in [4.69, 9.17) is 9.84 Å². The first-order valence-corrected chi connectivity index (χ1v) is 6.88. The first-order chi connectivity index (χ1) is 7.18. The van der Waals surface area contributed by atoms with E-state index in [9.17, 15) is 8.42 Å². The molecule has 1 aliphatic heterocycles. The molecule has 0 amide bonds. The Morgan fingerprint density at radius 1 is 1.38 bits per heavy atom. The molecule has 1 N–H and O–H groups in total. The minimum Gasteiger partial charge on any atom is -0.394 e. The zero-order chi connectivity index (χ0) is 12.6. The van der Waals surface area contributed by atoms with Crippen LogP contribution in [0.4, 0.5) is 0 Å². The lowest BCUT2D eigenvalue weighted by Gasteiger charge is -2.38. The molecular formula is C10H21NO4S. The zero-order valence-electron chi connectivity index (χ0n) is 10.3. The highest BCUT2D eigenvalue weighted by molar-refractivity contribution is 7.90. The van der Waals surface area contributed by atoms with Crippen molar-refractivity contribution in [1.29, 1.82) is 0 Å². The summed E-state index contributed by atoms with van der Waals surface area (Å²) in [5.41, 5.74) is 0. The maximum absolute atomic E-state index is 12.2. The third kappa shape index (κ3) is 2.74. The van der Waals surface area contributed by atoms with Crippen LogP contribution < -0.4 is 0 Å². The number of hydrogen-bond acceptors (Lipinski definition) is 4. The van der Waals surface area contributed by atoms with Gasteiger partial charge in [-0.1, -0.05) is 0 Å². The number of sulfonamides is 1. The first-order valence-electron chi connectivity index (χ1n) is 5.44. The van der Waals surface area contributed by atoms with Gasteiger partial charge in [0.2, 0.25) is 10.0 Å². The summed E-state index contributed by atoms with van der Waals surface area (Å²) in [6, 6.07) is 0. The van der Waals surface area contributed by atoms with Gasteiger partial charge in [-0.05, 0) is 27.7 Å². The smallest absolute Gasteiger partial charge is 0.219 e. The van der Waals surface area contributed by atoms with Crippen LogP contribution in [0.15, 0.2) is 0 Å². The Bertz CT molecular complexity index is 333. The Hall–Kier alpha value is -0.170. The van der Waals surface area contributed by atoms with Crippen molar-refractivity contribution in [2.75, 3.05) is 19.7 Å². The Balaban J connectivity index is 2.88. The molecule has 0 radical (unpaired) electrons. The highest BCUT2D eigenvalue weighted by Gasteiger charge is 2.39. The van der Waals surface area contributed by atoms with Crippen LogP contribution in [-0.2, 0) is 14.8 Å². The van der Waals surface area contributed by atoms with Gasteiger partial charge in [-0.2, -0.15) is 4.31 Å². The van der Waals surface area contributed by atoms with Crippen LogP contribution in [-0.4, -0.2) is 54.5 Å². The van der Waals surface area contributed by atoms with Gasteiger partial charge in [0, 0.05) is 13.1 Å². The van der Waals surface area contributed by atoms with E-state index < -0.39 is 20.9 Å². The van der Waals surface area contributed by atoms with E-state index in [1.807, 2.05) is 6.92 Å². The van der Waals surface area contributed by atoms with Gasteiger partial charge in [-0.3, -0.25) is 0 Å². The molecule has 0 bridgehead atoms. The molecule has 2 atom stereocenters. The minimum absolute atomic E-state index is 0.152. The fraction of sp³-hybridized carbons (Fsp3) is 1.00. The fourth-order valence-electron chi connectivity index (χ4n) is 1.69. The lowest BCUT2D eigenvalue weighted by atomic mass is 10.2. The van der Waals surface area contributed by atoms with E-state index in [-0.39, 0.29) is 19.3 Å². The van der Waals surface area contributed by atoms with Crippen LogP contribution in [0.5, 0.6) is 0 Å². The standard InChI is InChI=1S/C10H21NO4S/c1-8-5-11(6-9(7-12)15-8)16(13,14)10(2,3)4/h8-9,12H,5-7H2,1-4H3. The number of nitrogens with zero attached hydrogens (tertiary/aromatic N) is 1. The van der Waals surface area contributed by atoms with Gasteiger partial charge in [0.15, 0.2) is 0 Å². The number of ether oxygens (including phenoxy) is 1. The van der Waals surface area contributed by atoms with E-state index in [0.717, 1.165) is 0 Å². The quantitative estimate of drug-likeness (QED) is 0.761.